The first-order valence-electron chi connectivity index (χ1n) is 11.1. The lowest BCUT2D eigenvalue weighted by Gasteiger charge is -2.14. The van der Waals surface area contributed by atoms with E-state index in [1.807, 2.05) is 66.9 Å². The number of nitrogen functional groups attached to an aromatic ring is 1. The molecule has 8 N–H and O–H groups in total. The third-order valence-electron chi connectivity index (χ3n) is 5.74. The van der Waals surface area contributed by atoms with Gasteiger partial charge in [-0.3, -0.25) is 4.79 Å². The fourth-order valence-electron chi connectivity index (χ4n) is 4.09. The van der Waals surface area contributed by atoms with Crippen LogP contribution in [0.5, 0.6) is 0 Å². The number of guanidine groups is 1. The molecule has 174 valence electrons. The number of aromatic amines is 1. The van der Waals surface area contributed by atoms with Crippen molar-refractivity contribution in [3.05, 3.63) is 84.2 Å². The van der Waals surface area contributed by atoms with Gasteiger partial charge >= 0.3 is 5.91 Å². The molecule has 0 spiro atoms. The van der Waals surface area contributed by atoms with Crippen molar-refractivity contribution in [1.82, 2.24) is 15.0 Å². The fraction of sp³-hybridized carbons (Fsp3) is 0.0769. The van der Waals surface area contributed by atoms with E-state index >= 15 is 0 Å². The molecule has 35 heavy (non-hydrogen) atoms. The lowest BCUT2D eigenvalue weighted by Crippen LogP contribution is -2.25. The Morgan fingerprint density at radius 3 is 2.57 bits per heavy atom. The van der Waals surface area contributed by atoms with E-state index in [0.29, 0.717) is 18.1 Å². The number of H-pyrrole nitrogens is 1. The van der Waals surface area contributed by atoms with E-state index in [1.165, 1.54) is 10.9 Å². The number of hydrogen-bond donors (Lipinski definition) is 5. The molecule has 0 aliphatic carbocycles. The predicted octanol–water partition coefficient (Wildman–Crippen LogP) is 3.43. The van der Waals surface area contributed by atoms with Gasteiger partial charge in [0.2, 0.25) is 0 Å². The molecule has 9 heteroatoms. The molecule has 3 aromatic carbocycles. The predicted molar refractivity (Wildman–Crippen MR) is 140 cm³/mol. The zero-order valence-electron chi connectivity index (χ0n) is 18.8. The lowest BCUT2D eigenvalue weighted by molar-refractivity contribution is 0.0998. The van der Waals surface area contributed by atoms with Crippen LogP contribution in [-0.2, 0) is 6.42 Å². The van der Waals surface area contributed by atoms with Gasteiger partial charge in [0.15, 0.2) is 23.3 Å². The zero-order valence-corrected chi connectivity index (χ0v) is 18.8. The van der Waals surface area contributed by atoms with Crippen molar-refractivity contribution in [3.63, 3.8) is 0 Å². The number of hydrogen-bond acceptors (Lipinski definition) is 5. The summed E-state index contributed by atoms with van der Waals surface area (Å²) in [5.74, 6) is -0.704. The number of nitrogens with zero attached hydrogens (tertiary/aromatic N) is 3. The van der Waals surface area contributed by atoms with Gasteiger partial charge in [0.25, 0.3) is 0 Å². The molecule has 0 saturated heterocycles. The number of anilines is 2. The van der Waals surface area contributed by atoms with E-state index in [2.05, 4.69) is 31.3 Å². The van der Waals surface area contributed by atoms with Gasteiger partial charge < -0.3 is 27.5 Å². The molecule has 9 nitrogen and oxygen atoms in total. The largest absolute Gasteiger partial charge is 0.382 e. The van der Waals surface area contributed by atoms with Crippen LogP contribution in [0.15, 0.2) is 77.9 Å². The molecule has 0 aliphatic heterocycles. The van der Waals surface area contributed by atoms with E-state index in [4.69, 9.17) is 17.2 Å². The standard InChI is InChI=1S/C26H24N8O/c27-23-22(25(35)34-26(28)29)32-21(17-10-9-15-5-1-2-6-16(15)13-17)24(33-23)30-12-11-18-14-31-20-8-4-3-7-19(18)20/h1-10,13-14,31H,11-12H2,(H3,27,30,33)(H4,28,29,34,35). The van der Waals surface area contributed by atoms with Gasteiger partial charge in [-0.25, -0.2) is 9.97 Å². The SMILES string of the molecule is NC(N)=NC(=O)c1nc(-c2ccc3ccccc3c2)c(NCCc2c[nH]c3ccccc23)nc1N. The first kappa shape index (κ1) is 21.9. The molecular formula is C26H24N8O. The number of aliphatic imine (C=N–C) groups is 1. The molecule has 0 bridgehead atoms. The summed E-state index contributed by atoms with van der Waals surface area (Å²) in [5.41, 5.74) is 20.3. The highest BCUT2D eigenvalue weighted by Gasteiger charge is 2.19. The Morgan fingerprint density at radius 2 is 1.74 bits per heavy atom. The zero-order chi connectivity index (χ0) is 24.4. The minimum Gasteiger partial charge on any atom is -0.382 e. The number of nitrogens with two attached hydrogens (primary N) is 3. The van der Waals surface area contributed by atoms with Crippen LogP contribution in [0.25, 0.3) is 32.9 Å². The topological polar surface area (TPSA) is 161 Å². The Balaban J connectivity index is 1.51. The second-order valence-electron chi connectivity index (χ2n) is 8.09. The van der Waals surface area contributed by atoms with Crippen LogP contribution in [0.4, 0.5) is 11.6 Å². The Labute approximate surface area is 201 Å². The van der Waals surface area contributed by atoms with Gasteiger partial charge in [0, 0.05) is 29.2 Å². The van der Waals surface area contributed by atoms with Crippen molar-refractivity contribution in [1.29, 1.82) is 0 Å². The Hall–Kier alpha value is -4.92. The van der Waals surface area contributed by atoms with Crippen LogP contribution in [0.2, 0.25) is 0 Å². The van der Waals surface area contributed by atoms with E-state index in [-0.39, 0.29) is 17.5 Å². The van der Waals surface area contributed by atoms with Gasteiger partial charge in [-0.2, -0.15) is 4.99 Å². The summed E-state index contributed by atoms with van der Waals surface area (Å²) in [5, 5.41) is 6.64. The summed E-state index contributed by atoms with van der Waals surface area (Å²) in [6, 6.07) is 22.1. The van der Waals surface area contributed by atoms with E-state index < -0.39 is 5.91 Å². The van der Waals surface area contributed by atoms with Gasteiger partial charge in [0.05, 0.1) is 0 Å². The molecule has 0 radical (unpaired) electrons. The quantitative estimate of drug-likeness (QED) is 0.190. The number of nitrogens with one attached hydrogen (secondary N) is 2. The van der Waals surface area contributed by atoms with Crippen molar-refractivity contribution in [2.24, 2.45) is 16.5 Å². The van der Waals surface area contributed by atoms with Gasteiger partial charge in [-0.1, -0.05) is 54.6 Å². The summed E-state index contributed by atoms with van der Waals surface area (Å²) in [4.78, 5) is 28.4. The normalized spacial score (nSPS) is 11.0. The van der Waals surface area contributed by atoms with E-state index in [1.54, 1.807) is 0 Å². The monoisotopic (exact) mass is 464 g/mol. The van der Waals surface area contributed by atoms with Crippen molar-refractivity contribution in [3.8, 4) is 11.3 Å². The first-order chi connectivity index (χ1) is 17.0. The second kappa shape index (κ2) is 9.14. The molecule has 0 atom stereocenters. The molecule has 2 aromatic heterocycles. The maximum absolute atomic E-state index is 12.5. The highest BCUT2D eigenvalue weighted by Crippen LogP contribution is 2.30. The number of rotatable bonds is 6. The molecule has 0 fully saturated rings. The Morgan fingerprint density at radius 1 is 0.971 bits per heavy atom. The third kappa shape index (κ3) is 4.47. The summed E-state index contributed by atoms with van der Waals surface area (Å²) in [6.07, 6.45) is 2.76. The first-order valence-corrected chi connectivity index (χ1v) is 11.1. The van der Waals surface area contributed by atoms with Crippen LogP contribution in [-0.4, -0.2) is 33.4 Å². The van der Waals surface area contributed by atoms with E-state index in [0.717, 1.165) is 28.3 Å². The molecule has 5 aromatic rings. The lowest BCUT2D eigenvalue weighted by atomic mass is 10.0. The maximum Gasteiger partial charge on any atom is 0.302 e. The number of carbonyl (C=O) groups excluding carboxylic acids is 1. The number of carbonyl (C=O) groups is 1. The van der Waals surface area contributed by atoms with Crippen LogP contribution in [0.3, 0.4) is 0 Å². The third-order valence-corrected chi connectivity index (χ3v) is 5.74. The highest BCUT2D eigenvalue weighted by molar-refractivity contribution is 6.04. The number of amides is 1. The number of benzene rings is 3. The number of aromatic nitrogens is 3. The van der Waals surface area contributed by atoms with E-state index in [9.17, 15) is 4.79 Å². The fourth-order valence-corrected chi connectivity index (χ4v) is 4.09. The Kier molecular flexibility index (Phi) is 5.72. The second-order valence-corrected chi connectivity index (χ2v) is 8.09. The molecule has 0 saturated carbocycles. The van der Waals surface area contributed by atoms with Gasteiger partial charge in [0.1, 0.15) is 5.69 Å². The summed E-state index contributed by atoms with van der Waals surface area (Å²) >= 11 is 0. The minimum absolute atomic E-state index is 0.0564. The van der Waals surface area contributed by atoms with Gasteiger partial charge in [-0.15, -0.1) is 0 Å². The average molecular weight is 465 g/mol. The van der Waals surface area contributed by atoms with Crippen molar-refractivity contribution in [2.75, 3.05) is 17.6 Å². The minimum atomic E-state index is -0.748. The van der Waals surface area contributed by atoms with Crippen LogP contribution in [0, 0.1) is 0 Å². The summed E-state index contributed by atoms with van der Waals surface area (Å²) in [7, 11) is 0. The summed E-state index contributed by atoms with van der Waals surface area (Å²) in [6.45, 7) is 0.581. The molecular weight excluding hydrogens is 440 g/mol. The van der Waals surface area contributed by atoms with Crippen LogP contribution < -0.4 is 22.5 Å². The Bertz CT molecular complexity index is 1580. The number of fused-ring (bicyclic) bond motifs is 2. The smallest absolute Gasteiger partial charge is 0.302 e. The molecule has 0 aliphatic rings. The molecule has 5 rings (SSSR count). The van der Waals surface area contributed by atoms with Crippen molar-refractivity contribution >= 4 is 45.2 Å². The maximum atomic E-state index is 12.5. The van der Waals surface area contributed by atoms with Crippen molar-refractivity contribution < 1.29 is 4.79 Å². The summed E-state index contributed by atoms with van der Waals surface area (Å²) < 4.78 is 0. The molecule has 0 unspecified atom stereocenters. The molecule has 2 heterocycles. The molecule has 1 amide bonds. The average Bonchev–Trinajstić information content (AvgIpc) is 3.26. The highest BCUT2D eigenvalue weighted by atomic mass is 16.1. The van der Waals surface area contributed by atoms with Crippen LogP contribution >= 0.6 is 0 Å². The number of para-hydroxylation sites is 1. The van der Waals surface area contributed by atoms with Crippen LogP contribution in [0.1, 0.15) is 16.1 Å². The van der Waals surface area contributed by atoms with Crippen molar-refractivity contribution in [2.45, 2.75) is 6.42 Å². The van der Waals surface area contributed by atoms with Gasteiger partial charge in [-0.05, 0) is 34.9 Å².